The predicted molar refractivity (Wildman–Crippen MR) is 127 cm³/mol. The van der Waals surface area contributed by atoms with Crippen LogP contribution in [-0.4, -0.2) is 49.0 Å². The van der Waals surface area contributed by atoms with Crippen LogP contribution in [0.15, 0.2) is 84.0 Å². The summed E-state index contributed by atoms with van der Waals surface area (Å²) in [7, 11) is 1.60. The third-order valence-corrected chi connectivity index (χ3v) is 5.88. The van der Waals surface area contributed by atoms with Crippen LogP contribution >= 0.6 is 0 Å². The largest absolute Gasteiger partial charge is 0.497 e. The van der Waals surface area contributed by atoms with Crippen molar-refractivity contribution in [2.75, 3.05) is 20.3 Å². The number of hydrogen-bond acceptors (Lipinski definition) is 7. The van der Waals surface area contributed by atoms with Crippen molar-refractivity contribution in [2.45, 2.75) is 18.6 Å². The van der Waals surface area contributed by atoms with E-state index in [0.717, 1.165) is 22.6 Å². The Balaban J connectivity index is 1.29. The molecule has 0 saturated heterocycles. The van der Waals surface area contributed by atoms with E-state index in [1.54, 1.807) is 25.3 Å². The fraction of sp³-hybridized carbons (Fsp3) is 0.222. The van der Waals surface area contributed by atoms with Crippen molar-refractivity contribution in [1.82, 2.24) is 5.01 Å². The lowest BCUT2D eigenvalue weighted by Crippen LogP contribution is -2.40. The van der Waals surface area contributed by atoms with E-state index in [1.165, 1.54) is 5.01 Å². The van der Waals surface area contributed by atoms with Crippen molar-refractivity contribution in [2.24, 2.45) is 5.10 Å². The molecule has 178 valence electrons. The van der Waals surface area contributed by atoms with Gasteiger partial charge in [0.05, 0.1) is 18.9 Å². The molecule has 0 bridgehead atoms. The van der Waals surface area contributed by atoms with E-state index in [-0.39, 0.29) is 12.6 Å². The first-order valence-electron chi connectivity index (χ1n) is 11.3. The molecule has 0 spiro atoms. The fourth-order valence-electron chi connectivity index (χ4n) is 4.06. The van der Waals surface area contributed by atoms with Gasteiger partial charge >= 0.3 is 5.97 Å². The van der Waals surface area contributed by atoms with Gasteiger partial charge in [0.15, 0.2) is 18.1 Å². The maximum Gasteiger partial charge on any atom is 0.351 e. The molecule has 5 rings (SSSR count). The normalized spacial score (nSPS) is 18.5. The summed E-state index contributed by atoms with van der Waals surface area (Å²) in [6.45, 7) is -0.447. The zero-order chi connectivity index (χ0) is 24.2. The van der Waals surface area contributed by atoms with Crippen molar-refractivity contribution in [3.8, 4) is 17.2 Å². The average Bonchev–Trinajstić information content (AvgIpc) is 3.37. The SMILES string of the molecule is COc1ccc([C@@H]2CC(c3ccccc3)=NN2C(=O)COC(=O)[C@H]2COc3ccccc3O2)cc1. The van der Waals surface area contributed by atoms with Gasteiger partial charge in [-0.25, -0.2) is 9.80 Å². The summed E-state index contributed by atoms with van der Waals surface area (Å²) in [4.78, 5) is 25.7. The lowest BCUT2D eigenvalue weighted by Gasteiger charge is -2.25. The minimum absolute atomic E-state index is 0.0124. The number of fused-ring (bicyclic) bond motifs is 1. The number of amides is 1. The van der Waals surface area contributed by atoms with Crippen LogP contribution in [0.25, 0.3) is 0 Å². The zero-order valence-corrected chi connectivity index (χ0v) is 19.1. The fourth-order valence-corrected chi connectivity index (χ4v) is 4.06. The molecular weight excluding hydrogens is 448 g/mol. The predicted octanol–water partition coefficient (Wildman–Crippen LogP) is 3.76. The number of methoxy groups -OCH3 is 1. The second-order valence-corrected chi connectivity index (χ2v) is 8.12. The van der Waals surface area contributed by atoms with Gasteiger partial charge in [0.25, 0.3) is 5.91 Å². The Morgan fingerprint density at radius 1 is 0.971 bits per heavy atom. The number of ether oxygens (including phenoxy) is 4. The molecular formula is C27H24N2O6. The van der Waals surface area contributed by atoms with Crippen molar-refractivity contribution in [3.63, 3.8) is 0 Å². The van der Waals surface area contributed by atoms with Crippen molar-refractivity contribution in [1.29, 1.82) is 0 Å². The average molecular weight is 472 g/mol. The lowest BCUT2D eigenvalue weighted by atomic mass is 9.98. The van der Waals surface area contributed by atoms with Crippen LogP contribution in [0.4, 0.5) is 0 Å². The Kier molecular flexibility index (Phi) is 6.34. The number of nitrogens with zero attached hydrogens (tertiary/aromatic N) is 2. The molecule has 0 aliphatic carbocycles. The zero-order valence-electron chi connectivity index (χ0n) is 19.1. The maximum absolute atomic E-state index is 13.2. The van der Waals surface area contributed by atoms with Gasteiger partial charge < -0.3 is 18.9 Å². The summed E-state index contributed by atoms with van der Waals surface area (Å²) < 4.78 is 21.8. The first kappa shape index (κ1) is 22.5. The van der Waals surface area contributed by atoms with Crippen molar-refractivity contribution in [3.05, 3.63) is 90.0 Å². The molecule has 2 heterocycles. The highest BCUT2D eigenvalue weighted by molar-refractivity contribution is 6.03. The van der Waals surface area contributed by atoms with Crippen LogP contribution in [0.1, 0.15) is 23.6 Å². The highest BCUT2D eigenvalue weighted by atomic mass is 16.6. The third kappa shape index (κ3) is 4.82. The van der Waals surface area contributed by atoms with Gasteiger partial charge in [0, 0.05) is 6.42 Å². The number of esters is 1. The number of para-hydroxylation sites is 2. The van der Waals surface area contributed by atoms with Gasteiger partial charge in [-0.2, -0.15) is 5.10 Å². The van der Waals surface area contributed by atoms with E-state index in [4.69, 9.17) is 18.9 Å². The van der Waals surface area contributed by atoms with E-state index in [9.17, 15) is 9.59 Å². The highest BCUT2D eigenvalue weighted by Crippen LogP contribution is 2.34. The van der Waals surface area contributed by atoms with Crippen LogP contribution in [0.3, 0.4) is 0 Å². The third-order valence-electron chi connectivity index (χ3n) is 5.88. The number of benzene rings is 3. The Hall–Kier alpha value is -4.33. The Bertz CT molecular complexity index is 1240. The molecule has 2 aliphatic rings. The van der Waals surface area contributed by atoms with Crippen LogP contribution in [-0.2, 0) is 14.3 Å². The number of rotatable bonds is 6. The Morgan fingerprint density at radius 2 is 1.69 bits per heavy atom. The first-order valence-corrected chi connectivity index (χ1v) is 11.3. The van der Waals surface area contributed by atoms with Crippen LogP contribution in [0, 0.1) is 0 Å². The minimum atomic E-state index is -0.947. The molecule has 0 aromatic heterocycles. The molecule has 2 aliphatic heterocycles. The van der Waals surface area contributed by atoms with Crippen LogP contribution < -0.4 is 14.2 Å². The van der Waals surface area contributed by atoms with Crippen molar-refractivity contribution >= 4 is 17.6 Å². The monoisotopic (exact) mass is 472 g/mol. The number of hydrogen-bond donors (Lipinski definition) is 0. The summed E-state index contributed by atoms with van der Waals surface area (Å²) in [6, 6.07) is 23.9. The molecule has 0 saturated carbocycles. The molecule has 35 heavy (non-hydrogen) atoms. The number of hydrazone groups is 1. The standard InChI is InChI=1S/C27H24N2O6/c1-32-20-13-11-19(12-14-20)22-15-21(18-7-3-2-4-8-18)28-29(22)26(30)17-34-27(31)25-16-33-23-9-5-6-10-24(23)35-25/h2-14,22,25H,15-17H2,1H3/t22-,25+/m0/s1. The van der Waals surface area contributed by atoms with E-state index >= 15 is 0 Å². The number of carbonyl (C=O) groups is 2. The number of carbonyl (C=O) groups excluding carboxylic acids is 2. The van der Waals surface area contributed by atoms with Gasteiger partial charge in [-0.1, -0.05) is 54.6 Å². The van der Waals surface area contributed by atoms with Crippen LogP contribution in [0.5, 0.6) is 17.2 Å². The van der Waals surface area contributed by atoms with E-state index < -0.39 is 24.6 Å². The Labute approximate surface area is 202 Å². The summed E-state index contributed by atoms with van der Waals surface area (Å²) >= 11 is 0. The van der Waals surface area contributed by atoms with Gasteiger partial charge in [-0.15, -0.1) is 0 Å². The summed E-state index contributed by atoms with van der Waals surface area (Å²) in [5, 5.41) is 5.99. The Morgan fingerprint density at radius 3 is 2.43 bits per heavy atom. The van der Waals surface area contributed by atoms with Gasteiger partial charge in [0.1, 0.15) is 12.4 Å². The van der Waals surface area contributed by atoms with Gasteiger partial charge in [-0.05, 0) is 35.4 Å². The molecule has 0 N–H and O–H groups in total. The summed E-state index contributed by atoms with van der Waals surface area (Å²) in [5.41, 5.74) is 2.62. The van der Waals surface area contributed by atoms with E-state index in [0.29, 0.717) is 17.9 Å². The van der Waals surface area contributed by atoms with E-state index in [2.05, 4.69) is 5.10 Å². The molecule has 8 heteroatoms. The van der Waals surface area contributed by atoms with Crippen LogP contribution in [0.2, 0.25) is 0 Å². The second kappa shape index (κ2) is 9.89. The van der Waals surface area contributed by atoms with E-state index in [1.807, 2.05) is 60.7 Å². The molecule has 0 radical (unpaired) electrons. The minimum Gasteiger partial charge on any atom is -0.497 e. The molecule has 2 atom stereocenters. The quantitative estimate of drug-likeness (QED) is 0.508. The lowest BCUT2D eigenvalue weighted by molar-refractivity contribution is -0.160. The first-order chi connectivity index (χ1) is 17.1. The summed E-state index contributed by atoms with van der Waals surface area (Å²) in [6.07, 6.45) is -0.413. The van der Waals surface area contributed by atoms with Gasteiger partial charge in [0.2, 0.25) is 6.10 Å². The maximum atomic E-state index is 13.2. The van der Waals surface area contributed by atoms with Crippen molar-refractivity contribution < 1.29 is 28.5 Å². The molecule has 1 amide bonds. The molecule has 0 fully saturated rings. The molecule has 3 aromatic rings. The summed E-state index contributed by atoms with van der Waals surface area (Å²) in [5.74, 6) is 0.652. The smallest absolute Gasteiger partial charge is 0.351 e. The van der Waals surface area contributed by atoms with Gasteiger partial charge in [-0.3, -0.25) is 4.79 Å². The highest BCUT2D eigenvalue weighted by Gasteiger charge is 2.35. The molecule has 8 nitrogen and oxygen atoms in total. The molecule has 0 unspecified atom stereocenters. The topological polar surface area (TPSA) is 86.7 Å². The molecule has 3 aromatic carbocycles. The second-order valence-electron chi connectivity index (χ2n) is 8.12.